The van der Waals surface area contributed by atoms with Gasteiger partial charge in [-0.15, -0.1) is 0 Å². The summed E-state index contributed by atoms with van der Waals surface area (Å²) >= 11 is 0. The normalized spacial score (nSPS) is 10.6. The summed E-state index contributed by atoms with van der Waals surface area (Å²) in [4.78, 5) is 35.6. The highest BCUT2D eigenvalue weighted by Crippen LogP contribution is 2.29. The highest BCUT2D eigenvalue weighted by atomic mass is 19.1. The Balaban J connectivity index is 1.72. The number of hydrogen-bond acceptors (Lipinski definition) is 6. The van der Waals surface area contributed by atoms with Gasteiger partial charge in [0.1, 0.15) is 17.1 Å². The van der Waals surface area contributed by atoms with Gasteiger partial charge in [0.05, 0.1) is 12.7 Å². The lowest BCUT2D eigenvalue weighted by Gasteiger charge is -2.07. The molecule has 0 aliphatic carbocycles. The number of benzene rings is 2. The first-order valence-electron chi connectivity index (χ1n) is 8.64. The van der Waals surface area contributed by atoms with Gasteiger partial charge in [0.2, 0.25) is 17.5 Å². The molecule has 0 saturated carbocycles. The van der Waals surface area contributed by atoms with E-state index in [4.69, 9.17) is 13.9 Å². The molecule has 1 N–H and O–H groups in total. The molecule has 0 saturated heterocycles. The topological polar surface area (TPSA) is 94.8 Å². The molecular weight excluding hydrogens is 381 g/mol. The van der Waals surface area contributed by atoms with Crippen molar-refractivity contribution in [1.82, 2.24) is 0 Å². The van der Waals surface area contributed by atoms with Crippen LogP contribution < -0.4 is 10.1 Å². The average Bonchev–Trinajstić information content (AvgIpc) is 3.01. The molecule has 3 aromatic rings. The molecule has 0 aliphatic rings. The number of Topliss-reactive ketones (excluding diaryl/α,β-unsaturated/α-hetero) is 1. The van der Waals surface area contributed by atoms with Crippen LogP contribution in [-0.2, 0) is 9.53 Å². The van der Waals surface area contributed by atoms with E-state index < -0.39 is 24.2 Å². The minimum Gasteiger partial charge on any atom is -0.497 e. The third kappa shape index (κ3) is 4.26. The van der Waals surface area contributed by atoms with Crippen molar-refractivity contribution in [3.63, 3.8) is 0 Å². The van der Waals surface area contributed by atoms with Crippen molar-refractivity contribution in [3.05, 3.63) is 59.1 Å². The molecule has 8 heteroatoms. The van der Waals surface area contributed by atoms with Crippen molar-refractivity contribution in [3.8, 4) is 5.75 Å². The number of ketones is 1. The molecule has 0 bridgehead atoms. The lowest BCUT2D eigenvalue weighted by molar-refractivity contribution is -0.114. The molecule has 150 valence electrons. The first-order valence-corrected chi connectivity index (χ1v) is 8.64. The molecule has 1 aromatic heterocycles. The van der Waals surface area contributed by atoms with Gasteiger partial charge in [-0.25, -0.2) is 9.18 Å². The van der Waals surface area contributed by atoms with Gasteiger partial charge >= 0.3 is 5.97 Å². The van der Waals surface area contributed by atoms with Crippen LogP contribution in [0.5, 0.6) is 5.75 Å². The van der Waals surface area contributed by atoms with Crippen molar-refractivity contribution in [2.75, 3.05) is 19.0 Å². The monoisotopic (exact) mass is 399 g/mol. The quantitative estimate of drug-likeness (QED) is 0.499. The Morgan fingerprint density at radius 3 is 2.55 bits per heavy atom. The number of nitrogens with one attached hydrogen (secondary N) is 1. The molecule has 0 atom stereocenters. The lowest BCUT2D eigenvalue weighted by Crippen LogP contribution is -2.16. The minimum atomic E-state index is -0.832. The van der Waals surface area contributed by atoms with Gasteiger partial charge in [0.25, 0.3) is 0 Å². The Hall–Kier alpha value is -3.68. The summed E-state index contributed by atoms with van der Waals surface area (Å²) < 4.78 is 29.8. The fourth-order valence-corrected chi connectivity index (χ4v) is 2.82. The number of carbonyl (C=O) groups excluding carboxylic acids is 3. The van der Waals surface area contributed by atoms with E-state index in [0.29, 0.717) is 22.3 Å². The zero-order valence-corrected chi connectivity index (χ0v) is 16.0. The Morgan fingerprint density at radius 2 is 1.90 bits per heavy atom. The summed E-state index contributed by atoms with van der Waals surface area (Å²) in [6.45, 7) is 2.31. The third-order valence-electron chi connectivity index (χ3n) is 4.25. The van der Waals surface area contributed by atoms with Crippen LogP contribution in [0.4, 0.5) is 10.1 Å². The number of anilines is 1. The number of fused-ring (bicyclic) bond motifs is 1. The van der Waals surface area contributed by atoms with E-state index in [-0.39, 0.29) is 22.9 Å². The average molecular weight is 399 g/mol. The second kappa shape index (κ2) is 8.14. The van der Waals surface area contributed by atoms with E-state index in [1.807, 2.05) is 0 Å². The molecule has 1 heterocycles. The van der Waals surface area contributed by atoms with Crippen molar-refractivity contribution in [2.45, 2.75) is 13.8 Å². The SMILES string of the molecule is COc1ccc2oc(C(=O)OCC(=O)c3ccc(NC(C)=O)cc3F)c(C)c2c1. The van der Waals surface area contributed by atoms with Gasteiger partial charge in [-0.2, -0.15) is 0 Å². The van der Waals surface area contributed by atoms with Crippen LogP contribution in [0.1, 0.15) is 33.4 Å². The lowest BCUT2D eigenvalue weighted by atomic mass is 10.1. The molecule has 2 aromatic carbocycles. The van der Waals surface area contributed by atoms with Crippen LogP contribution in [0.25, 0.3) is 11.0 Å². The molecule has 7 nitrogen and oxygen atoms in total. The fraction of sp³-hybridized carbons (Fsp3) is 0.190. The number of esters is 1. The van der Waals surface area contributed by atoms with Gasteiger partial charge in [-0.1, -0.05) is 0 Å². The van der Waals surface area contributed by atoms with Crippen molar-refractivity contribution in [2.24, 2.45) is 0 Å². The van der Waals surface area contributed by atoms with Gasteiger partial charge in [0, 0.05) is 23.6 Å². The van der Waals surface area contributed by atoms with E-state index >= 15 is 0 Å². The zero-order chi connectivity index (χ0) is 21.1. The smallest absolute Gasteiger partial charge is 0.375 e. The molecule has 29 heavy (non-hydrogen) atoms. The summed E-state index contributed by atoms with van der Waals surface area (Å²) in [7, 11) is 1.53. The summed E-state index contributed by atoms with van der Waals surface area (Å²) in [5, 5.41) is 3.10. The van der Waals surface area contributed by atoms with E-state index in [0.717, 1.165) is 6.07 Å². The van der Waals surface area contributed by atoms with Crippen molar-refractivity contribution in [1.29, 1.82) is 0 Å². The number of carbonyl (C=O) groups is 3. The maximum absolute atomic E-state index is 14.1. The van der Waals surface area contributed by atoms with Crippen LogP contribution in [0.15, 0.2) is 40.8 Å². The van der Waals surface area contributed by atoms with Crippen molar-refractivity contribution >= 4 is 34.3 Å². The summed E-state index contributed by atoms with van der Waals surface area (Å²) in [6.07, 6.45) is 0. The van der Waals surface area contributed by atoms with Crippen LogP contribution in [0, 0.1) is 12.7 Å². The number of halogens is 1. The maximum atomic E-state index is 14.1. The van der Waals surface area contributed by atoms with Gasteiger partial charge in [-0.3, -0.25) is 9.59 Å². The summed E-state index contributed by atoms with van der Waals surface area (Å²) in [5.41, 5.74) is 0.984. The highest BCUT2D eigenvalue weighted by Gasteiger charge is 2.21. The predicted octanol–water partition coefficient (Wildman–Crippen LogP) is 3.89. The second-order valence-corrected chi connectivity index (χ2v) is 6.29. The molecule has 0 spiro atoms. The summed E-state index contributed by atoms with van der Waals surface area (Å²) in [5.74, 6) is -2.18. The van der Waals surface area contributed by atoms with Crippen LogP contribution in [0.3, 0.4) is 0 Å². The van der Waals surface area contributed by atoms with Crippen LogP contribution in [-0.4, -0.2) is 31.4 Å². The van der Waals surface area contributed by atoms with E-state index in [2.05, 4.69) is 5.32 Å². The van der Waals surface area contributed by atoms with Crippen LogP contribution >= 0.6 is 0 Å². The molecule has 0 fully saturated rings. The third-order valence-corrected chi connectivity index (χ3v) is 4.25. The number of methoxy groups -OCH3 is 1. The maximum Gasteiger partial charge on any atom is 0.375 e. The largest absolute Gasteiger partial charge is 0.497 e. The predicted molar refractivity (Wildman–Crippen MR) is 103 cm³/mol. The van der Waals surface area contributed by atoms with Gasteiger partial charge in [-0.05, 0) is 43.3 Å². The molecular formula is C21H18FNO6. The number of hydrogen-bond donors (Lipinski definition) is 1. The Kier molecular flexibility index (Phi) is 5.63. The molecule has 0 radical (unpaired) electrons. The van der Waals surface area contributed by atoms with Gasteiger partial charge in [0.15, 0.2) is 6.61 Å². The van der Waals surface area contributed by atoms with Crippen LogP contribution in [0.2, 0.25) is 0 Å². The molecule has 0 aliphatic heterocycles. The number of aryl methyl sites for hydroxylation is 1. The Labute approximate surface area is 165 Å². The first-order chi connectivity index (χ1) is 13.8. The minimum absolute atomic E-state index is 0.0393. The second-order valence-electron chi connectivity index (χ2n) is 6.29. The first kappa shape index (κ1) is 20.1. The standard InChI is InChI=1S/C21H18FNO6/c1-11-16-9-14(27-3)5-7-19(16)29-20(11)21(26)28-10-18(25)15-6-4-13(8-17(15)22)23-12(2)24/h4-9H,10H2,1-3H3,(H,23,24). The van der Waals surface area contributed by atoms with E-state index in [9.17, 15) is 18.8 Å². The van der Waals surface area contributed by atoms with Crippen molar-refractivity contribution < 1.29 is 32.7 Å². The molecule has 0 unspecified atom stereocenters. The molecule has 3 rings (SSSR count). The number of rotatable bonds is 6. The number of ether oxygens (including phenoxy) is 2. The number of amides is 1. The molecule has 1 amide bonds. The Bertz CT molecular complexity index is 1120. The Morgan fingerprint density at radius 1 is 1.14 bits per heavy atom. The summed E-state index contributed by atoms with van der Waals surface area (Å²) in [6, 6.07) is 8.70. The van der Waals surface area contributed by atoms with E-state index in [1.54, 1.807) is 25.1 Å². The zero-order valence-electron chi connectivity index (χ0n) is 16.0. The van der Waals surface area contributed by atoms with Gasteiger partial charge < -0.3 is 19.2 Å². The highest BCUT2D eigenvalue weighted by molar-refractivity contribution is 6.01. The van der Waals surface area contributed by atoms with E-state index in [1.165, 1.54) is 26.2 Å². The fourth-order valence-electron chi connectivity index (χ4n) is 2.82. The number of furan rings is 1.